The van der Waals surface area contributed by atoms with Crippen LogP contribution in [0.3, 0.4) is 0 Å². The molecule has 1 N–H and O–H groups in total. The van der Waals surface area contributed by atoms with E-state index in [-0.39, 0.29) is 12.5 Å². The molecule has 2 fully saturated rings. The van der Waals surface area contributed by atoms with Crippen molar-refractivity contribution in [3.8, 4) is 6.07 Å². The van der Waals surface area contributed by atoms with Crippen molar-refractivity contribution in [2.45, 2.75) is 57.3 Å². The molecule has 1 heterocycles. The van der Waals surface area contributed by atoms with Gasteiger partial charge in [0.15, 0.2) is 0 Å². The molecule has 1 aliphatic carbocycles. The van der Waals surface area contributed by atoms with Crippen LogP contribution in [0.15, 0.2) is 30.3 Å². The number of ether oxygens (including phenoxy) is 3. The highest BCUT2D eigenvalue weighted by Crippen LogP contribution is 2.28. The van der Waals surface area contributed by atoms with Gasteiger partial charge in [0.05, 0.1) is 26.4 Å². The number of amides is 2. The van der Waals surface area contributed by atoms with Gasteiger partial charge < -0.3 is 24.4 Å². The number of benzene rings is 1. The van der Waals surface area contributed by atoms with Crippen molar-refractivity contribution in [2.75, 3.05) is 32.9 Å². The lowest BCUT2D eigenvalue weighted by Crippen LogP contribution is -2.52. The molecule has 1 aromatic carbocycles. The van der Waals surface area contributed by atoms with Gasteiger partial charge in [-0.25, -0.2) is 4.79 Å². The quantitative estimate of drug-likeness (QED) is 0.630. The fourth-order valence-electron chi connectivity index (χ4n) is 4.24. The van der Waals surface area contributed by atoms with E-state index < -0.39 is 18.2 Å². The van der Waals surface area contributed by atoms with E-state index in [1.54, 1.807) is 4.90 Å². The molecule has 3 rings (SSSR count). The number of morpholine rings is 1. The average Bonchev–Trinajstić information content (AvgIpc) is 2.84. The average molecular weight is 444 g/mol. The third-order valence-electron chi connectivity index (χ3n) is 5.98. The Morgan fingerprint density at radius 3 is 2.56 bits per heavy atom. The maximum Gasteiger partial charge on any atom is 0.409 e. The minimum absolute atomic E-state index is 0.0382. The molecule has 2 aliphatic rings. The van der Waals surface area contributed by atoms with Gasteiger partial charge in [-0.05, 0) is 17.9 Å². The Bertz CT molecular complexity index is 755. The molecule has 1 saturated heterocycles. The zero-order chi connectivity index (χ0) is 22.6. The predicted octanol–water partition coefficient (Wildman–Crippen LogP) is 3.02. The Morgan fingerprint density at radius 1 is 1.16 bits per heavy atom. The maximum atomic E-state index is 13.1. The van der Waals surface area contributed by atoms with Crippen LogP contribution in [0.1, 0.15) is 44.1 Å². The molecule has 174 valence electrons. The zero-order valence-electron chi connectivity index (χ0n) is 18.5. The lowest BCUT2D eigenvalue weighted by Gasteiger charge is -2.33. The van der Waals surface area contributed by atoms with Crippen LogP contribution in [0.2, 0.25) is 0 Å². The Balaban J connectivity index is 1.52. The SMILES string of the molecule is N#CC(COCc1ccccc1)OC(=O)N[C@H](CC1CCCCC1)C(=O)N1CCOCC1. The number of carbonyl (C=O) groups excluding carboxylic acids is 2. The van der Waals surface area contributed by atoms with E-state index in [1.807, 2.05) is 36.4 Å². The standard InChI is InChI=1S/C24H33N3O5/c25-16-21(18-31-17-20-9-5-2-6-10-20)32-24(29)26-22(15-19-7-3-1-4-8-19)23(28)27-11-13-30-14-12-27/h2,5-6,9-10,19,21-22H,1,3-4,7-8,11-15,17-18H2,(H,26,29)/t21?,22-/m1/s1. The third-order valence-corrected chi connectivity index (χ3v) is 5.98. The molecule has 0 radical (unpaired) electrons. The molecule has 2 atom stereocenters. The van der Waals surface area contributed by atoms with Crippen LogP contribution in [0.4, 0.5) is 4.79 Å². The Hall–Kier alpha value is -2.63. The van der Waals surface area contributed by atoms with Crippen molar-refractivity contribution < 1.29 is 23.8 Å². The summed E-state index contributed by atoms with van der Waals surface area (Å²) >= 11 is 0. The molecule has 1 aromatic rings. The number of alkyl carbamates (subject to hydrolysis) is 1. The number of rotatable bonds is 9. The summed E-state index contributed by atoms with van der Waals surface area (Å²) in [4.78, 5) is 27.4. The molecule has 1 unspecified atom stereocenters. The summed E-state index contributed by atoms with van der Waals surface area (Å²) in [5, 5.41) is 12.1. The van der Waals surface area contributed by atoms with Gasteiger partial charge in [-0.15, -0.1) is 0 Å². The number of carbonyl (C=O) groups is 2. The first kappa shape index (κ1) is 24.0. The fraction of sp³-hybridized carbons (Fsp3) is 0.625. The predicted molar refractivity (Wildman–Crippen MR) is 117 cm³/mol. The smallest absolute Gasteiger partial charge is 0.409 e. The van der Waals surface area contributed by atoms with E-state index in [1.165, 1.54) is 6.42 Å². The summed E-state index contributed by atoms with van der Waals surface area (Å²) in [5.74, 6) is 0.296. The van der Waals surface area contributed by atoms with Crippen LogP contribution in [0, 0.1) is 17.2 Å². The molecule has 2 amide bonds. The second kappa shape index (κ2) is 13.0. The summed E-state index contributed by atoms with van der Waals surface area (Å²) in [5.41, 5.74) is 0.970. The largest absolute Gasteiger partial charge is 0.428 e. The minimum atomic E-state index is -1.05. The fourth-order valence-corrected chi connectivity index (χ4v) is 4.24. The lowest BCUT2D eigenvalue weighted by molar-refractivity contribution is -0.138. The molecular formula is C24H33N3O5. The van der Waals surface area contributed by atoms with Gasteiger partial charge >= 0.3 is 6.09 Å². The van der Waals surface area contributed by atoms with Crippen LogP contribution in [-0.2, 0) is 25.6 Å². The van der Waals surface area contributed by atoms with Crippen molar-refractivity contribution in [2.24, 2.45) is 5.92 Å². The van der Waals surface area contributed by atoms with Crippen LogP contribution in [-0.4, -0.2) is 62.0 Å². The van der Waals surface area contributed by atoms with Gasteiger partial charge in [-0.2, -0.15) is 5.26 Å². The lowest BCUT2D eigenvalue weighted by atomic mass is 9.84. The van der Waals surface area contributed by atoms with Gasteiger partial charge in [0.2, 0.25) is 12.0 Å². The van der Waals surface area contributed by atoms with Crippen molar-refractivity contribution in [3.63, 3.8) is 0 Å². The van der Waals surface area contributed by atoms with E-state index in [9.17, 15) is 14.9 Å². The monoisotopic (exact) mass is 443 g/mol. The second-order valence-corrected chi connectivity index (χ2v) is 8.40. The summed E-state index contributed by atoms with van der Waals surface area (Å²) in [6.45, 7) is 2.33. The Labute approximate surface area is 189 Å². The maximum absolute atomic E-state index is 13.1. The van der Waals surface area contributed by atoms with E-state index in [0.29, 0.717) is 45.2 Å². The van der Waals surface area contributed by atoms with Crippen LogP contribution in [0.25, 0.3) is 0 Å². The number of nitrogens with one attached hydrogen (secondary N) is 1. The number of nitrogens with zero attached hydrogens (tertiary/aromatic N) is 2. The van der Waals surface area contributed by atoms with Crippen molar-refractivity contribution in [1.82, 2.24) is 10.2 Å². The van der Waals surface area contributed by atoms with Crippen molar-refractivity contribution in [1.29, 1.82) is 5.26 Å². The van der Waals surface area contributed by atoms with Gasteiger partial charge in [0, 0.05) is 13.1 Å². The van der Waals surface area contributed by atoms with E-state index in [4.69, 9.17) is 14.2 Å². The van der Waals surface area contributed by atoms with Crippen LogP contribution < -0.4 is 5.32 Å². The third kappa shape index (κ3) is 7.81. The molecule has 0 spiro atoms. The van der Waals surface area contributed by atoms with Gasteiger partial charge in [0.25, 0.3) is 0 Å². The first-order chi connectivity index (χ1) is 15.7. The first-order valence-electron chi connectivity index (χ1n) is 11.5. The molecule has 1 aliphatic heterocycles. The highest BCUT2D eigenvalue weighted by Gasteiger charge is 2.31. The van der Waals surface area contributed by atoms with Gasteiger partial charge in [-0.1, -0.05) is 62.4 Å². The molecule has 32 heavy (non-hydrogen) atoms. The summed E-state index contributed by atoms with van der Waals surface area (Å²) in [6, 6.07) is 10.8. The molecule has 8 heteroatoms. The first-order valence-corrected chi connectivity index (χ1v) is 11.5. The minimum Gasteiger partial charge on any atom is -0.428 e. The highest BCUT2D eigenvalue weighted by atomic mass is 16.6. The topological polar surface area (TPSA) is 101 Å². The van der Waals surface area contributed by atoms with E-state index >= 15 is 0 Å². The second-order valence-electron chi connectivity index (χ2n) is 8.40. The molecule has 0 aromatic heterocycles. The van der Waals surface area contributed by atoms with Crippen LogP contribution >= 0.6 is 0 Å². The van der Waals surface area contributed by atoms with Gasteiger partial charge in [0.1, 0.15) is 12.1 Å². The summed E-state index contributed by atoms with van der Waals surface area (Å²) in [6.07, 6.45) is 4.45. The molecule has 1 saturated carbocycles. The summed E-state index contributed by atoms with van der Waals surface area (Å²) < 4.78 is 16.1. The van der Waals surface area contributed by atoms with Crippen molar-refractivity contribution >= 4 is 12.0 Å². The summed E-state index contributed by atoms with van der Waals surface area (Å²) in [7, 11) is 0. The van der Waals surface area contributed by atoms with E-state index in [2.05, 4.69) is 5.32 Å². The van der Waals surface area contributed by atoms with Gasteiger partial charge in [-0.3, -0.25) is 4.79 Å². The zero-order valence-corrected chi connectivity index (χ0v) is 18.5. The molecular weight excluding hydrogens is 410 g/mol. The van der Waals surface area contributed by atoms with Crippen molar-refractivity contribution in [3.05, 3.63) is 35.9 Å². The van der Waals surface area contributed by atoms with Crippen LogP contribution in [0.5, 0.6) is 0 Å². The molecule has 0 bridgehead atoms. The van der Waals surface area contributed by atoms with E-state index in [0.717, 1.165) is 31.2 Å². The number of hydrogen-bond acceptors (Lipinski definition) is 6. The molecule has 8 nitrogen and oxygen atoms in total. The normalized spacial score (nSPS) is 18.9. The highest BCUT2D eigenvalue weighted by molar-refractivity contribution is 5.85. The Kier molecular flexibility index (Phi) is 9.79. The Morgan fingerprint density at radius 2 is 1.88 bits per heavy atom. The number of hydrogen-bond donors (Lipinski definition) is 1. The number of nitriles is 1.